The normalized spacial score (nSPS) is 20.2. The van der Waals surface area contributed by atoms with Gasteiger partial charge in [-0.25, -0.2) is 0 Å². The maximum Gasteiger partial charge on any atom is 0.240 e. The van der Waals surface area contributed by atoms with Gasteiger partial charge in [0.05, 0.1) is 12.2 Å². The van der Waals surface area contributed by atoms with Crippen molar-refractivity contribution in [3.8, 4) is 6.07 Å². The SMILES string of the molecule is COC1CCCN(C(=O)C(C#N)Cc2ccccc2)C1. The molecule has 0 bridgehead atoms. The number of carbonyl (C=O) groups is 1. The molecule has 1 aromatic rings. The number of nitriles is 1. The van der Waals surface area contributed by atoms with Gasteiger partial charge in [-0.15, -0.1) is 0 Å². The standard InChI is InChI=1S/C16H20N2O2/c1-20-15-8-5-9-18(12-15)16(19)14(11-17)10-13-6-3-2-4-7-13/h2-4,6-7,14-15H,5,8-10,12H2,1H3. The number of ether oxygens (including phenoxy) is 1. The molecule has 0 N–H and O–H groups in total. The number of methoxy groups -OCH3 is 1. The Morgan fingerprint density at radius 3 is 2.90 bits per heavy atom. The van der Waals surface area contributed by atoms with Gasteiger partial charge in [0, 0.05) is 20.2 Å². The van der Waals surface area contributed by atoms with Crippen LogP contribution in [-0.4, -0.2) is 37.1 Å². The van der Waals surface area contributed by atoms with Crippen molar-refractivity contribution < 1.29 is 9.53 Å². The molecule has 1 aromatic carbocycles. The fourth-order valence-corrected chi connectivity index (χ4v) is 2.59. The van der Waals surface area contributed by atoms with E-state index in [1.54, 1.807) is 12.0 Å². The first kappa shape index (κ1) is 14.5. The second-order valence-corrected chi connectivity index (χ2v) is 5.16. The molecular weight excluding hydrogens is 252 g/mol. The van der Waals surface area contributed by atoms with Gasteiger partial charge in [0.15, 0.2) is 0 Å². The highest BCUT2D eigenvalue weighted by Crippen LogP contribution is 2.17. The summed E-state index contributed by atoms with van der Waals surface area (Å²) in [5, 5.41) is 9.28. The molecule has 0 spiro atoms. The monoisotopic (exact) mass is 272 g/mol. The van der Waals surface area contributed by atoms with Crippen LogP contribution in [0.4, 0.5) is 0 Å². The summed E-state index contributed by atoms with van der Waals surface area (Å²) in [5.74, 6) is -0.675. The first-order chi connectivity index (χ1) is 9.74. The molecule has 0 aliphatic carbocycles. The number of carbonyl (C=O) groups excluding carboxylic acids is 1. The number of hydrogen-bond donors (Lipinski definition) is 0. The molecule has 0 saturated carbocycles. The summed E-state index contributed by atoms with van der Waals surface area (Å²) < 4.78 is 5.33. The highest BCUT2D eigenvalue weighted by Gasteiger charge is 2.28. The maximum absolute atomic E-state index is 12.4. The number of nitrogens with zero attached hydrogens (tertiary/aromatic N) is 2. The lowest BCUT2D eigenvalue weighted by atomic mass is 9.98. The molecule has 4 nitrogen and oxygen atoms in total. The van der Waals surface area contributed by atoms with Crippen LogP contribution in [-0.2, 0) is 16.0 Å². The summed E-state index contributed by atoms with van der Waals surface area (Å²) in [5.41, 5.74) is 1.02. The predicted molar refractivity (Wildman–Crippen MR) is 75.9 cm³/mol. The average Bonchev–Trinajstić information content (AvgIpc) is 2.53. The Balaban J connectivity index is 2.00. The first-order valence-electron chi connectivity index (χ1n) is 6.99. The van der Waals surface area contributed by atoms with E-state index >= 15 is 0 Å². The Bertz CT molecular complexity index is 481. The Morgan fingerprint density at radius 2 is 2.25 bits per heavy atom. The van der Waals surface area contributed by atoms with Crippen LogP contribution in [0.5, 0.6) is 0 Å². The topological polar surface area (TPSA) is 53.3 Å². The van der Waals surface area contributed by atoms with Gasteiger partial charge in [-0.3, -0.25) is 4.79 Å². The molecule has 1 heterocycles. The van der Waals surface area contributed by atoms with Gasteiger partial charge >= 0.3 is 0 Å². The second-order valence-electron chi connectivity index (χ2n) is 5.16. The molecule has 0 aromatic heterocycles. The molecule has 0 radical (unpaired) electrons. The fourth-order valence-electron chi connectivity index (χ4n) is 2.59. The van der Waals surface area contributed by atoms with Crippen LogP contribution in [0.1, 0.15) is 18.4 Å². The minimum absolute atomic E-state index is 0.0712. The van der Waals surface area contributed by atoms with Crippen LogP contribution in [0.25, 0.3) is 0 Å². The number of piperidine rings is 1. The van der Waals surface area contributed by atoms with Gasteiger partial charge in [0.25, 0.3) is 0 Å². The van der Waals surface area contributed by atoms with Gasteiger partial charge in [-0.05, 0) is 24.8 Å². The number of amides is 1. The molecule has 1 aliphatic rings. The van der Waals surface area contributed by atoms with Gasteiger partial charge in [0.2, 0.25) is 5.91 Å². The summed E-state index contributed by atoms with van der Waals surface area (Å²) in [6.45, 7) is 1.33. The summed E-state index contributed by atoms with van der Waals surface area (Å²) in [6, 6.07) is 11.8. The summed E-state index contributed by atoms with van der Waals surface area (Å²) >= 11 is 0. The Labute approximate surface area is 120 Å². The Kier molecular flexibility index (Phi) is 5.14. The summed E-state index contributed by atoms with van der Waals surface area (Å²) in [4.78, 5) is 14.2. The summed E-state index contributed by atoms with van der Waals surface area (Å²) in [7, 11) is 1.67. The minimum Gasteiger partial charge on any atom is -0.380 e. The maximum atomic E-state index is 12.4. The van der Waals surface area contributed by atoms with Crippen LogP contribution in [0, 0.1) is 17.2 Å². The van der Waals surface area contributed by atoms with Gasteiger partial charge in [-0.1, -0.05) is 30.3 Å². The van der Waals surface area contributed by atoms with E-state index in [1.165, 1.54) is 0 Å². The number of hydrogen-bond acceptors (Lipinski definition) is 3. The summed E-state index contributed by atoms with van der Waals surface area (Å²) in [6.07, 6.45) is 2.50. The van der Waals surface area contributed by atoms with E-state index in [1.807, 2.05) is 30.3 Å². The van der Waals surface area contributed by atoms with Crippen molar-refractivity contribution in [3.05, 3.63) is 35.9 Å². The van der Waals surface area contributed by atoms with E-state index in [0.717, 1.165) is 24.9 Å². The molecule has 2 unspecified atom stereocenters. The number of likely N-dealkylation sites (tertiary alicyclic amines) is 1. The van der Waals surface area contributed by atoms with Crippen LogP contribution in [0.2, 0.25) is 0 Å². The van der Waals surface area contributed by atoms with E-state index in [-0.39, 0.29) is 12.0 Å². The number of rotatable bonds is 4. The zero-order chi connectivity index (χ0) is 14.4. The van der Waals surface area contributed by atoms with Crippen LogP contribution in [0.15, 0.2) is 30.3 Å². The molecule has 1 aliphatic heterocycles. The van der Waals surface area contributed by atoms with E-state index in [4.69, 9.17) is 4.74 Å². The van der Waals surface area contributed by atoms with E-state index in [2.05, 4.69) is 6.07 Å². The molecule has 106 valence electrons. The van der Waals surface area contributed by atoms with Crippen molar-refractivity contribution in [1.29, 1.82) is 5.26 Å². The van der Waals surface area contributed by atoms with Crippen LogP contribution >= 0.6 is 0 Å². The molecular formula is C16H20N2O2. The third kappa shape index (κ3) is 3.58. The third-order valence-corrected chi connectivity index (χ3v) is 3.76. The highest BCUT2D eigenvalue weighted by atomic mass is 16.5. The predicted octanol–water partition coefficient (Wildman–Crippen LogP) is 2.01. The Hall–Kier alpha value is -1.86. The van der Waals surface area contributed by atoms with Crippen molar-refractivity contribution in [2.45, 2.75) is 25.4 Å². The van der Waals surface area contributed by atoms with Gasteiger partial charge < -0.3 is 9.64 Å². The molecule has 1 saturated heterocycles. The van der Waals surface area contributed by atoms with Crippen molar-refractivity contribution in [3.63, 3.8) is 0 Å². The molecule has 1 fully saturated rings. The van der Waals surface area contributed by atoms with Crippen molar-refractivity contribution in [1.82, 2.24) is 4.90 Å². The van der Waals surface area contributed by atoms with Crippen molar-refractivity contribution in [2.75, 3.05) is 20.2 Å². The molecule has 4 heteroatoms. The average molecular weight is 272 g/mol. The van der Waals surface area contributed by atoms with E-state index in [9.17, 15) is 10.1 Å². The van der Waals surface area contributed by atoms with Gasteiger partial charge in [0.1, 0.15) is 5.92 Å². The minimum atomic E-state index is -0.604. The zero-order valence-corrected chi connectivity index (χ0v) is 11.8. The highest BCUT2D eigenvalue weighted by molar-refractivity contribution is 5.81. The molecule has 2 rings (SSSR count). The zero-order valence-electron chi connectivity index (χ0n) is 11.8. The van der Waals surface area contributed by atoms with E-state index in [0.29, 0.717) is 13.0 Å². The third-order valence-electron chi connectivity index (χ3n) is 3.76. The van der Waals surface area contributed by atoms with Crippen LogP contribution < -0.4 is 0 Å². The van der Waals surface area contributed by atoms with Gasteiger partial charge in [-0.2, -0.15) is 5.26 Å². The smallest absolute Gasteiger partial charge is 0.240 e. The van der Waals surface area contributed by atoms with Crippen LogP contribution in [0.3, 0.4) is 0 Å². The molecule has 2 atom stereocenters. The first-order valence-corrected chi connectivity index (χ1v) is 6.99. The fraction of sp³-hybridized carbons (Fsp3) is 0.500. The lowest BCUT2D eigenvalue weighted by molar-refractivity contribution is -0.137. The van der Waals surface area contributed by atoms with E-state index < -0.39 is 5.92 Å². The number of benzene rings is 1. The largest absolute Gasteiger partial charge is 0.380 e. The molecule has 20 heavy (non-hydrogen) atoms. The second kappa shape index (κ2) is 7.06. The lowest BCUT2D eigenvalue weighted by Gasteiger charge is -2.33. The lowest BCUT2D eigenvalue weighted by Crippen LogP contribution is -2.45. The quantitative estimate of drug-likeness (QED) is 0.842. The van der Waals surface area contributed by atoms with Crippen molar-refractivity contribution >= 4 is 5.91 Å². The Morgan fingerprint density at radius 1 is 1.50 bits per heavy atom. The molecule has 1 amide bonds. The van der Waals surface area contributed by atoms with Crippen molar-refractivity contribution in [2.24, 2.45) is 5.92 Å².